The van der Waals surface area contributed by atoms with Crippen LogP contribution in [0.15, 0.2) is 12.2 Å². The Balaban J connectivity index is 1.05. The number of ether oxygens (including phenoxy) is 9. The Morgan fingerprint density at radius 1 is 0.615 bits per heavy atom. The number of rotatable bonds is 13. The number of carbonyl (C=O) groups excluding carboxylic acids is 1. The van der Waals surface area contributed by atoms with Crippen LogP contribution in [0.25, 0.3) is 0 Å². The predicted molar refractivity (Wildman–Crippen MR) is 214 cm³/mol. The minimum Gasteiger partial charge on any atom is -0.460 e. The first-order valence-corrected chi connectivity index (χ1v) is 22.7. The van der Waals surface area contributed by atoms with E-state index in [1.165, 1.54) is 13.2 Å². The molecule has 65 heavy (non-hydrogen) atoms. The maximum atomic E-state index is 12.6. The second-order valence-corrected chi connectivity index (χ2v) is 18.8. The van der Waals surface area contributed by atoms with E-state index in [-0.39, 0.29) is 50.0 Å². The van der Waals surface area contributed by atoms with Gasteiger partial charge in [0, 0.05) is 31.9 Å². The number of fused-ring (bicyclic) bond motifs is 1. The molecule has 0 amide bonds. The monoisotopic (exact) mass is 941 g/mol. The van der Waals surface area contributed by atoms with Crippen LogP contribution < -0.4 is 0 Å². The molecule has 0 bridgehead atoms. The van der Waals surface area contributed by atoms with Crippen molar-refractivity contribution in [3.05, 3.63) is 12.2 Å². The lowest BCUT2D eigenvalue weighted by Crippen LogP contribution is -2.65. The molecule has 3 aliphatic carbocycles. The van der Waals surface area contributed by atoms with Gasteiger partial charge in [-0.2, -0.15) is 0 Å². The highest BCUT2D eigenvalue weighted by molar-refractivity contribution is 5.81. The van der Waals surface area contributed by atoms with Gasteiger partial charge in [0.15, 0.2) is 31.1 Å². The van der Waals surface area contributed by atoms with Gasteiger partial charge in [-0.25, -0.2) is 4.79 Å². The van der Waals surface area contributed by atoms with Crippen LogP contribution in [0.4, 0.5) is 0 Å². The average molecular weight is 942 g/mol. The van der Waals surface area contributed by atoms with E-state index >= 15 is 0 Å². The van der Waals surface area contributed by atoms with Crippen LogP contribution >= 0.6 is 0 Å². The molecule has 0 aromatic carbocycles. The van der Waals surface area contributed by atoms with Gasteiger partial charge in [0.05, 0.1) is 55.8 Å². The molecular formula is C42H69O23+. The number of methoxy groups -OCH3 is 1. The van der Waals surface area contributed by atoms with Crippen molar-refractivity contribution < 1.29 is 114 Å². The van der Waals surface area contributed by atoms with Crippen molar-refractivity contribution in [2.75, 3.05) is 26.9 Å². The molecule has 23 heteroatoms. The zero-order valence-electron chi connectivity index (χ0n) is 36.1. The second kappa shape index (κ2) is 22.4. The van der Waals surface area contributed by atoms with E-state index < -0.39 is 167 Å². The Hall–Kier alpha value is -1.63. The van der Waals surface area contributed by atoms with E-state index in [9.17, 15) is 71.2 Å². The molecular weight excluding hydrogens is 872 g/mol. The number of hydrogen-bond donors (Lipinski definition) is 13. The summed E-state index contributed by atoms with van der Waals surface area (Å²) in [4.78, 5) is 12.6. The molecule has 0 radical (unpaired) electrons. The first-order chi connectivity index (χ1) is 30.9. The number of aliphatic hydroxyl groups excluding tert-OH is 13. The van der Waals surface area contributed by atoms with Gasteiger partial charge in [0.2, 0.25) is 0 Å². The highest BCUT2D eigenvalue weighted by atomic mass is 16.8. The third kappa shape index (κ3) is 11.9. The summed E-state index contributed by atoms with van der Waals surface area (Å²) in [5, 5.41) is 139. The molecule has 4 heterocycles. The summed E-state index contributed by atoms with van der Waals surface area (Å²) in [6, 6.07) is 0. The van der Waals surface area contributed by atoms with E-state index in [4.69, 9.17) is 42.6 Å². The molecule has 0 aromatic rings. The molecule has 4 aliphatic heterocycles. The third-order valence-corrected chi connectivity index (χ3v) is 14.4. The largest absolute Gasteiger partial charge is 0.460 e. The molecule has 374 valence electrons. The number of hydrogen-bond acceptors (Lipinski definition) is 22. The van der Waals surface area contributed by atoms with Crippen LogP contribution in [0.1, 0.15) is 57.8 Å². The molecule has 0 spiro atoms. The maximum absolute atomic E-state index is 12.6. The van der Waals surface area contributed by atoms with Gasteiger partial charge in [0.1, 0.15) is 79.9 Å². The lowest BCUT2D eigenvalue weighted by Gasteiger charge is -2.49. The Labute approximate surface area is 374 Å². The van der Waals surface area contributed by atoms with E-state index in [0.29, 0.717) is 25.7 Å². The fourth-order valence-electron chi connectivity index (χ4n) is 10.4. The molecule has 14 N–H and O–H groups in total. The molecule has 4 saturated heterocycles. The molecule has 7 rings (SSSR count). The van der Waals surface area contributed by atoms with Gasteiger partial charge in [-0.05, 0) is 50.9 Å². The molecule has 3 saturated carbocycles. The molecule has 0 aromatic heterocycles. The number of aliphatic hydroxyl groups is 15. The summed E-state index contributed by atoms with van der Waals surface area (Å²) in [5.41, 5.74) is 0. The summed E-state index contributed by atoms with van der Waals surface area (Å²) in [7, 11) is 1.49. The molecule has 26 atom stereocenters. The first-order valence-electron chi connectivity index (χ1n) is 22.7. The van der Waals surface area contributed by atoms with Crippen LogP contribution in [0.3, 0.4) is 0 Å². The fourth-order valence-corrected chi connectivity index (χ4v) is 10.4. The van der Waals surface area contributed by atoms with E-state index in [1.54, 1.807) is 6.08 Å². The predicted octanol–water partition coefficient (Wildman–Crippen LogP) is -5.94. The fraction of sp³-hybridized carbons (Fsp3) is 0.929. The van der Waals surface area contributed by atoms with Gasteiger partial charge >= 0.3 is 5.97 Å². The Kier molecular flexibility index (Phi) is 17.7. The summed E-state index contributed by atoms with van der Waals surface area (Å²) < 4.78 is 51.3. The zero-order chi connectivity index (χ0) is 46.9. The van der Waals surface area contributed by atoms with Crippen molar-refractivity contribution in [1.29, 1.82) is 0 Å². The van der Waals surface area contributed by atoms with Crippen molar-refractivity contribution in [3.63, 3.8) is 0 Å². The Bertz CT molecular complexity index is 1540. The summed E-state index contributed by atoms with van der Waals surface area (Å²) in [6.45, 7) is -1.70. The van der Waals surface area contributed by atoms with Crippen LogP contribution in [0.2, 0.25) is 0 Å². The third-order valence-electron chi connectivity index (χ3n) is 14.4. The van der Waals surface area contributed by atoms with Gasteiger partial charge in [-0.1, -0.05) is 6.08 Å². The summed E-state index contributed by atoms with van der Waals surface area (Å²) >= 11 is 0. The highest BCUT2D eigenvalue weighted by Gasteiger charge is 2.56. The highest BCUT2D eigenvalue weighted by Crippen LogP contribution is 2.43. The molecule has 12 unspecified atom stereocenters. The Morgan fingerprint density at radius 2 is 1.31 bits per heavy atom. The number of allylic oxidation sites excluding steroid dienone is 1. The zero-order valence-corrected chi connectivity index (χ0v) is 36.1. The van der Waals surface area contributed by atoms with Crippen molar-refractivity contribution in [2.45, 2.75) is 199 Å². The van der Waals surface area contributed by atoms with Crippen LogP contribution in [0, 0.1) is 17.8 Å². The van der Waals surface area contributed by atoms with Gasteiger partial charge in [-0.15, -0.1) is 0 Å². The standard InChI is InChI=1S/C42H68O23/c1-57-26-8-16(2-5-21(26)45)3-7-30(49)58-14-28-32(51)34(53)37(56)40(63-28)60-15-29-33(52)35(54)39(65-41-36(55)31(50)24(48)13-59-41)42(64-29)62-27-12-19-22(46)10-18(43)11-25(19)61-38(27)17-4-6-20(44)23(47)9-17/h3,7,16-29,31-48,50-56H,2,4-6,8-15H2,1H3/p+1/t16?,17?,18?,19?,20?,21?,22?,23?,24-,25?,26?,27?,28-,29+,31+,32-,33-,34+,35-,36-,37-,38?,39+,40-,41+,42+/m1/s1. The lowest BCUT2D eigenvalue weighted by atomic mass is 9.72. The quantitative estimate of drug-likeness (QED) is 0.0464. The molecule has 7 fully saturated rings. The normalized spacial score (nSPS) is 51.0. The lowest BCUT2D eigenvalue weighted by molar-refractivity contribution is -0.385. The number of esters is 1. The van der Waals surface area contributed by atoms with Gasteiger partial charge in [0.25, 0.3) is 0 Å². The van der Waals surface area contributed by atoms with E-state index in [2.05, 4.69) is 0 Å². The van der Waals surface area contributed by atoms with Crippen molar-refractivity contribution in [1.82, 2.24) is 0 Å². The van der Waals surface area contributed by atoms with Crippen LogP contribution in [0.5, 0.6) is 0 Å². The smallest absolute Gasteiger partial charge is 0.330 e. The van der Waals surface area contributed by atoms with E-state index in [0.717, 1.165) is 0 Å². The summed E-state index contributed by atoms with van der Waals surface area (Å²) in [5.74, 6) is -1.69. The Morgan fingerprint density at radius 3 is 2.05 bits per heavy atom. The topological polar surface area (TPSA) is 367 Å². The van der Waals surface area contributed by atoms with Gasteiger partial charge in [-0.3, -0.25) is 0 Å². The second-order valence-electron chi connectivity index (χ2n) is 18.8. The van der Waals surface area contributed by atoms with Crippen molar-refractivity contribution in [3.8, 4) is 0 Å². The maximum Gasteiger partial charge on any atom is 0.330 e. The summed E-state index contributed by atoms with van der Waals surface area (Å²) in [6.07, 6.45) is -24.9. The van der Waals surface area contributed by atoms with E-state index in [1.807, 2.05) is 0 Å². The van der Waals surface area contributed by atoms with Crippen LogP contribution in [-0.2, 0) is 42.7 Å². The van der Waals surface area contributed by atoms with Gasteiger partial charge < -0.3 is 109 Å². The minimum atomic E-state index is -1.90. The first kappa shape index (κ1) is 51.2. The SMILES string of the molecule is COC1CC(C=CC(=O)OC[C@H]2O[C@@H](OC[C@@H]3O[C@H](OC4CC5C(O)CC(O)CC5[OH+]C4C4CCC(O)C(O)C4)[C@@H](O[C@@H]4OC[C@@H](O)[C@H](O)[C@H]4O)[C@H](O)[C@@H]3O)[C@H](O)[C@@H](O)[C@@H]2O)CCC1O. The number of carbonyl (C=O) groups is 1. The molecule has 23 nitrogen and oxygen atoms in total. The average Bonchev–Trinajstić information content (AvgIpc) is 3.28. The van der Waals surface area contributed by atoms with Crippen molar-refractivity contribution in [2.24, 2.45) is 17.8 Å². The molecule has 7 aliphatic rings. The van der Waals surface area contributed by atoms with Crippen LogP contribution in [-0.4, -0.2) is 245 Å². The van der Waals surface area contributed by atoms with Crippen molar-refractivity contribution >= 4 is 5.97 Å². The minimum absolute atomic E-state index is 0.0638.